The molecule has 1 N–H and O–H groups in total. The Morgan fingerprint density at radius 2 is 2.11 bits per heavy atom. The zero-order valence-electron chi connectivity index (χ0n) is 12.2. The molecule has 1 aliphatic carbocycles. The van der Waals surface area contributed by atoms with E-state index < -0.39 is 0 Å². The van der Waals surface area contributed by atoms with Gasteiger partial charge in [0.1, 0.15) is 0 Å². The lowest BCUT2D eigenvalue weighted by Crippen LogP contribution is -2.44. The number of nitrogens with zero attached hydrogens (tertiary/aromatic N) is 1. The van der Waals surface area contributed by atoms with Gasteiger partial charge in [-0.25, -0.2) is 0 Å². The Hall–Kier alpha value is -0.220. The predicted octanol–water partition coefficient (Wildman–Crippen LogP) is 2.46. The van der Waals surface area contributed by atoms with Gasteiger partial charge in [0.2, 0.25) is 5.91 Å². The molecule has 0 aromatic rings. The molecule has 0 aromatic carbocycles. The fraction of sp³-hybridized carbons (Fsp3) is 0.929. The zero-order valence-corrected chi connectivity index (χ0v) is 13.1. The Kier molecular flexibility index (Phi) is 3.72. The third kappa shape index (κ3) is 2.69. The highest BCUT2D eigenvalue weighted by Gasteiger charge is 2.59. The van der Waals surface area contributed by atoms with Gasteiger partial charge in [-0.05, 0) is 45.3 Å². The highest BCUT2D eigenvalue weighted by molar-refractivity contribution is 7.99. The average Bonchev–Trinajstić information content (AvgIpc) is 3.00. The monoisotopic (exact) mass is 270 g/mol. The second-order valence-corrected chi connectivity index (χ2v) is 8.28. The molecule has 1 spiro atoms. The molecule has 1 saturated heterocycles. The maximum atomic E-state index is 12.5. The molecule has 0 radical (unpaired) electrons. The van der Waals surface area contributed by atoms with Crippen LogP contribution in [0.2, 0.25) is 0 Å². The van der Waals surface area contributed by atoms with Crippen LogP contribution in [0.4, 0.5) is 0 Å². The standard InChI is InChI=1S/C14H26N2OS/c1-10(2)8-11-15-14(6-7-14)12(17)16(11)9-13(3,4)18-5/h10-11,15H,6-9H2,1-5H3. The molecule has 1 unspecified atom stereocenters. The van der Waals surface area contributed by atoms with Crippen LogP contribution in [0.15, 0.2) is 0 Å². The molecule has 2 aliphatic rings. The van der Waals surface area contributed by atoms with Gasteiger partial charge in [-0.1, -0.05) is 13.8 Å². The maximum absolute atomic E-state index is 12.5. The molecule has 1 saturated carbocycles. The predicted molar refractivity (Wildman–Crippen MR) is 77.7 cm³/mol. The molecule has 3 nitrogen and oxygen atoms in total. The molecule has 18 heavy (non-hydrogen) atoms. The molecule has 1 atom stereocenters. The second kappa shape index (κ2) is 4.71. The minimum absolute atomic E-state index is 0.132. The average molecular weight is 270 g/mol. The Labute approximate surface area is 115 Å². The van der Waals surface area contributed by atoms with Gasteiger partial charge in [0.25, 0.3) is 0 Å². The molecule has 1 heterocycles. The summed E-state index contributed by atoms with van der Waals surface area (Å²) in [6.07, 6.45) is 5.47. The van der Waals surface area contributed by atoms with Crippen molar-refractivity contribution in [3.63, 3.8) is 0 Å². The summed E-state index contributed by atoms with van der Waals surface area (Å²) in [6.45, 7) is 9.73. The summed E-state index contributed by atoms with van der Waals surface area (Å²) in [5.74, 6) is 0.958. The summed E-state index contributed by atoms with van der Waals surface area (Å²) in [7, 11) is 0. The molecule has 0 bridgehead atoms. The molecule has 0 aromatic heterocycles. The number of carbonyl (C=O) groups is 1. The molecule has 104 valence electrons. The summed E-state index contributed by atoms with van der Waals surface area (Å²) in [6, 6.07) is 0. The number of carbonyl (C=O) groups excluding carboxylic acids is 1. The van der Waals surface area contributed by atoms with Crippen LogP contribution in [-0.2, 0) is 4.79 Å². The topological polar surface area (TPSA) is 32.3 Å². The van der Waals surface area contributed by atoms with Crippen molar-refractivity contribution in [1.82, 2.24) is 10.2 Å². The first kappa shape index (κ1) is 14.2. The lowest BCUT2D eigenvalue weighted by Gasteiger charge is -2.33. The second-order valence-electron chi connectivity index (χ2n) is 6.77. The Morgan fingerprint density at radius 3 is 2.56 bits per heavy atom. The number of amides is 1. The lowest BCUT2D eigenvalue weighted by atomic mass is 10.1. The van der Waals surface area contributed by atoms with E-state index in [1.165, 1.54) is 0 Å². The molecule has 1 aliphatic heterocycles. The first-order valence-electron chi connectivity index (χ1n) is 6.94. The van der Waals surface area contributed by atoms with Crippen LogP contribution in [0.25, 0.3) is 0 Å². The van der Waals surface area contributed by atoms with Crippen molar-refractivity contribution in [3.8, 4) is 0 Å². The van der Waals surface area contributed by atoms with Crippen LogP contribution < -0.4 is 5.32 Å². The third-order valence-electron chi connectivity index (χ3n) is 4.04. The van der Waals surface area contributed by atoms with Crippen molar-refractivity contribution in [3.05, 3.63) is 0 Å². The highest BCUT2D eigenvalue weighted by atomic mass is 32.2. The quantitative estimate of drug-likeness (QED) is 0.833. The van der Waals surface area contributed by atoms with Crippen LogP contribution in [0.3, 0.4) is 0 Å². The number of thioether (sulfide) groups is 1. The van der Waals surface area contributed by atoms with Crippen LogP contribution in [-0.4, -0.2) is 40.1 Å². The Balaban J connectivity index is 2.10. The summed E-state index contributed by atoms with van der Waals surface area (Å²) in [5.41, 5.74) is -0.173. The summed E-state index contributed by atoms with van der Waals surface area (Å²) in [4.78, 5) is 14.6. The van der Waals surface area contributed by atoms with Gasteiger partial charge in [-0.2, -0.15) is 11.8 Å². The minimum Gasteiger partial charge on any atom is -0.324 e. The van der Waals surface area contributed by atoms with Gasteiger partial charge in [-0.3, -0.25) is 10.1 Å². The zero-order chi connectivity index (χ0) is 13.6. The highest BCUT2D eigenvalue weighted by Crippen LogP contribution is 2.43. The van der Waals surface area contributed by atoms with E-state index >= 15 is 0 Å². The van der Waals surface area contributed by atoms with E-state index in [-0.39, 0.29) is 16.5 Å². The molecule has 2 rings (SSSR count). The van der Waals surface area contributed by atoms with Crippen LogP contribution >= 0.6 is 11.8 Å². The molecule has 2 fully saturated rings. The lowest BCUT2D eigenvalue weighted by molar-refractivity contribution is -0.131. The van der Waals surface area contributed by atoms with Gasteiger partial charge < -0.3 is 4.90 Å². The number of nitrogens with one attached hydrogen (secondary N) is 1. The summed E-state index contributed by atoms with van der Waals surface area (Å²) >= 11 is 1.84. The summed E-state index contributed by atoms with van der Waals surface area (Å²) < 4.78 is 0.132. The van der Waals surface area contributed by atoms with E-state index in [4.69, 9.17) is 0 Å². The first-order valence-corrected chi connectivity index (χ1v) is 8.16. The van der Waals surface area contributed by atoms with Crippen LogP contribution in [0, 0.1) is 5.92 Å². The van der Waals surface area contributed by atoms with E-state index in [0.717, 1.165) is 25.8 Å². The van der Waals surface area contributed by atoms with Crippen molar-refractivity contribution < 1.29 is 4.79 Å². The van der Waals surface area contributed by atoms with Crippen molar-refractivity contribution in [2.24, 2.45) is 5.92 Å². The number of rotatable bonds is 5. The molecule has 4 heteroatoms. The van der Waals surface area contributed by atoms with Crippen molar-refractivity contribution in [1.29, 1.82) is 0 Å². The van der Waals surface area contributed by atoms with Gasteiger partial charge in [0.15, 0.2) is 0 Å². The van der Waals surface area contributed by atoms with Crippen LogP contribution in [0.1, 0.15) is 47.0 Å². The van der Waals surface area contributed by atoms with E-state index in [9.17, 15) is 4.79 Å². The molecular formula is C14H26N2OS. The fourth-order valence-electron chi connectivity index (χ4n) is 2.65. The van der Waals surface area contributed by atoms with E-state index in [0.29, 0.717) is 11.8 Å². The minimum atomic E-state index is -0.173. The van der Waals surface area contributed by atoms with Crippen molar-refractivity contribution >= 4 is 17.7 Å². The van der Waals surface area contributed by atoms with Gasteiger partial charge in [-0.15, -0.1) is 0 Å². The van der Waals surface area contributed by atoms with Gasteiger partial charge in [0.05, 0.1) is 11.7 Å². The molecular weight excluding hydrogens is 244 g/mol. The Bertz CT molecular complexity index is 337. The van der Waals surface area contributed by atoms with Gasteiger partial charge in [0, 0.05) is 11.3 Å². The van der Waals surface area contributed by atoms with Crippen molar-refractivity contribution in [2.45, 2.75) is 63.4 Å². The smallest absolute Gasteiger partial charge is 0.244 e. The number of hydrogen-bond donors (Lipinski definition) is 1. The van der Waals surface area contributed by atoms with E-state index in [1.54, 1.807) is 0 Å². The fourth-order valence-corrected chi connectivity index (χ4v) is 2.92. The van der Waals surface area contributed by atoms with E-state index in [2.05, 4.69) is 44.2 Å². The SMILES string of the molecule is CSC(C)(C)CN1C(=O)C2(CC2)NC1CC(C)C. The third-order valence-corrected chi connectivity index (χ3v) is 5.27. The van der Waals surface area contributed by atoms with Crippen LogP contribution in [0.5, 0.6) is 0 Å². The number of hydrogen-bond acceptors (Lipinski definition) is 3. The maximum Gasteiger partial charge on any atom is 0.244 e. The molecule has 1 amide bonds. The van der Waals surface area contributed by atoms with Crippen molar-refractivity contribution in [2.75, 3.05) is 12.8 Å². The largest absolute Gasteiger partial charge is 0.324 e. The van der Waals surface area contributed by atoms with E-state index in [1.807, 2.05) is 11.8 Å². The normalized spacial score (nSPS) is 26.4. The van der Waals surface area contributed by atoms with Gasteiger partial charge >= 0.3 is 0 Å². The Morgan fingerprint density at radius 1 is 1.50 bits per heavy atom. The summed E-state index contributed by atoms with van der Waals surface area (Å²) in [5, 5.41) is 3.59. The first-order chi connectivity index (χ1) is 8.30.